The van der Waals surface area contributed by atoms with Crippen LogP contribution in [0.25, 0.3) is 6.08 Å². The second-order valence-electron chi connectivity index (χ2n) is 6.33. The molecule has 3 rings (SSSR count). The fraction of sp³-hybridized carbons (Fsp3) is 0.316. The highest BCUT2D eigenvalue weighted by Crippen LogP contribution is 2.32. The van der Waals surface area contributed by atoms with E-state index in [2.05, 4.69) is 10.3 Å². The first-order valence-electron chi connectivity index (χ1n) is 8.45. The number of hydrogen-bond donors (Lipinski definition) is 1. The van der Waals surface area contributed by atoms with Crippen LogP contribution in [0.1, 0.15) is 32.4 Å². The molecular formula is C19H20FN3O2S. The molecule has 1 atom stereocenters. The number of para-hydroxylation sites is 1. The van der Waals surface area contributed by atoms with Gasteiger partial charge in [0.05, 0.1) is 11.4 Å². The Bertz CT molecular complexity index is 845. The zero-order valence-electron chi connectivity index (χ0n) is 14.6. The van der Waals surface area contributed by atoms with E-state index >= 15 is 0 Å². The van der Waals surface area contributed by atoms with E-state index < -0.39 is 5.82 Å². The fourth-order valence-corrected chi connectivity index (χ4v) is 3.49. The third-order valence-electron chi connectivity index (χ3n) is 4.21. The van der Waals surface area contributed by atoms with Gasteiger partial charge in [0, 0.05) is 24.4 Å². The van der Waals surface area contributed by atoms with Crippen molar-refractivity contribution >= 4 is 40.0 Å². The molecule has 7 heteroatoms. The van der Waals surface area contributed by atoms with Crippen LogP contribution >= 0.6 is 11.3 Å². The maximum absolute atomic E-state index is 14.1. The Morgan fingerprint density at radius 2 is 2.12 bits per heavy atom. The van der Waals surface area contributed by atoms with Gasteiger partial charge >= 0.3 is 0 Å². The minimum Gasteiger partial charge on any atom is -0.350 e. The first kappa shape index (κ1) is 18.3. The van der Waals surface area contributed by atoms with Crippen molar-refractivity contribution in [2.75, 3.05) is 4.90 Å². The number of amides is 2. The van der Waals surface area contributed by atoms with Gasteiger partial charge in [0.25, 0.3) is 0 Å². The predicted octanol–water partition coefficient (Wildman–Crippen LogP) is 3.89. The molecule has 0 saturated heterocycles. The van der Waals surface area contributed by atoms with Crippen LogP contribution in [0.5, 0.6) is 0 Å². The van der Waals surface area contributed by atoms with E-state index in [0.717, 1.165) is 12.8 Å². The van der Waals surface area contributed by atoms with Gasteiger partial charge in [0.1, 0.15) is 5.82 Å². The maximum atomic E-state index is 14.1. The number of benzene rings is 1. The summed E-state index contributed by atoms with van der Waals surface area (Å²) in [4.78, 5) is 29.5. The summed E-state index contributed by atoms with van der Waals surface area (Å²) >= 11 is 1.21. The van der Waals surface area contributed by atoms with E-state index in [1.165, 1.54) is 41.4 Å². The Balaban J connectivity index is 1.73. The largest absolute Gasteiger partial charge is 0.350 e. The zero-order valence-corrected chi connectivity index (χ0v) is 15.4. The summed E-state index contributed by atoms with van der Waals surface area (Å²) in [7, 11) is 0. The Kier molecular flexibility index (Phi) is 5.46. The molecule has 1 aliphatic carbocycles. The van der Waals surface area contributed by atoms with E-state index in [0.29, 0.717) is 16.7 Å². The number of thiazole rings is 1. The zero-order chi connectivity index (χ0) is 18.7. The monoisotopic (exact) mass is 373 g/mol. The van der Waals surface area contributed by atoms with E-state index in [1.807, 2.05) is 6.92 Å². The molecule has 0 spiro atoms. The van der Waals surface area contributed by atoms with Crippen molar-refractivity contribution in [3.05, 3.63) is 47.2 Å². The van der Waals surface area contributed by atoms with Gasteiger partial charge in [-0.3, -0.25) is 14.5 Å². The smallest absolute Gasteiger partial charge is 0.244 e. The molecule has 1 unspecified atom stereocenters. The van der Waals surface area contributed by atoms with Crippen molar-refractivity contribution in [1.82, 2.24) is 10.3 Å². The van der Waals surface area contributed by atoms with E-state index in [9.17, 15) is 14.0 Å². The molecule has 1 aromatic carbocycles. The van der Waals surface area contributed by atoms with Crippen molar-refractivity contribution in [3.8, 4) is 0 Å². The number of nitrogens with zero attached hydrogens (tertiary/aromatic N) is 2. The van der Waals surface area contributed by atoms with Gasteiger partial charge in [-0.05, 0) is 43.9 Å². The highest BCUT2D eigenvalue weighted by molar-refractivity contribution is 7.14. The molecule has 1 aliphatic rings. The molecule has 1 saturated carbocycles. The summed E-state index contributed by atoms with van der Waals surface area (Å²) in [6.45, 7) is 3.36. The number of rotatable bonds is 6. The number of anilines is 2. The van der Waals surface area contributed by atoms with Crippen molar-refractivity contribution in [2.24, 2.45) is 5.92 Å². The fourth-order valence-electron chi connectivity index (χ4n) is 2.64. The molecule has 0 aliphatic heterocycles. The number of halogens is 1. The van der Waals surface area contributed by atoms with Crippen molar-refractivity contribution in [3.63, 3.8) is 0 Å². The minimum absolute atomic E-state index is 0.154. The van der Waals surface area contributed by atoms with Crippen LogP contribution in [0.3, 0.4) is 0 Å². The first-order chi connectivity index (χ1) is 12.5. The third kappa shape index (κ3) is 4.35. The summed E-state index contributed by atoms with van der Waals surface area (Å²) in [5.41, 5.74) is 0.697. The van der Waals surface area contributed by atoms with Gasteiger partial charge in [-0.1, -0.05) is 12.1 Å². The van der Waals surface area contributed by atoms with Crippen LogP contribution < -0.4 is 10.2 Å². The van der Waals surface area contributed by atoms with Gasteiger partial charge in [0.2, 0.25) is 11.8 Å². The normalized spacial score (nSPS) is 15.0. The second kappa shape index (κ2) is 7.78. The number of carbonyl (C=O) groups is 2. The summed E-state index contributed by atoms with van der Waals surface area (Å²) < 4.78 is 14.1. The lowest BCUT2D eigenvalue weighted by Gasteiger charge is -2.18. The average molecular weight is 373 g/mol. The lowest BCUT2D eigenvalue weighted by atomic mass is 10.2. The van der Waals surface area contributed by atoms with E-state index in [1.54, 1.807) is 23.6 Å². The predicted molar refractivity (Wildman–Crippen MR) is 101 cm³/mol. The third-order valence-corrected chi connectivity index (χ3v) is 5.06. The Morgan fingerprint density at radius 1 is 1.38 bits per heavy atom. The van der Waals surface area contributed by atoms with Gasteiger partial charge in [-0.25, -0.2) is 9.37 Å². The van der Waals surface area contributed by atoms with E-state index in [-0.39, 0.29) is 23.5 Å². The molecule has 1 N–H and O–H groups in total. The molecule has 1 aromatic heterocycles. The summed E-state index contributed by atoms with van der Waals surface area (Å²) in [6, 6.07) is 6.22. The van der Waals surface area contributed by atoms with Gasteiger partial charge in [0.15, 0.2) is 5.13 Å². The first-order valence-corrected chi connectivity index (χ1v) is 9.33. The Hall–Kier alpha value is -2.54. The van der Waals surface area contributed by atoms with Gasteiger partial charge < -0.3 is 5.32 Å². The number of carbonyl (C=O) groups excluding carboxylic acids is 2. The van der Waals surface area contributed by atoms with Crippen LogP contribution in [-0.2, 0) is 9.59 Å². The summed E-state index contributed by atoms with van der Waals surface area (Å²) in [5.74, 6) is -0.418. The van der Waals surface area contributed by atoms with Crippen LogP contribution in [0.15, 0.2) is 35.7 Å². The molecule has 0 bridgehead atoms. The molecule has 136 valence electrons. The molecule has 5 nitrogen and oxygen atoms in total. The number of aromatic nitrogens is 1. The van der Waals surface area contributed by atoms with Crippen LogP contribution in [0.2, 0.25) is 0 Å². The highest BCUT2D eigenvalue weighted by Gasteiger charge is 2.28. The van der Waals surface area contributed by atoms with Crippen molar-refractivity contribution in [2.45, 2.75) is 32.7 Å². The van der Waals surface area contributed by atoms with Crippen LogP contribution in [-0.4, -0.2) is 22.8 Å². The average Bonchev–Trinajstić information content (AvgIpc) is 3.35. The topological polar surface area (TPSA) is 62.3 Å². The van der Waals surface area contributed by atoms with Crippen molar-refractivity contribution < 1.29 is 14.0 Å². The second-order valence-corrected chi connectivity index (χ2v) is 7.17. The molecule has 1 heterocycles. The minimum atomic E-state index is -0.497. The SMILES string of the molecule is CC(=O)N(c1nc(C=CC(=O)NC(C)C2CC2)cs1)c1ccccc1F. The Morgan fingerprint density at radius 3 is 2.77 bits per heavy atom. The lowest BCUT2D eigenvalue weighted by Crippen LogP contribution is -2.32. The molecule has 2 amide bonds. The molecule has 1 fully saturated rings. The Labute approximate surface area is 155 Å². The van der Waals surface area contributed by atoms with Gasteiger partial charge in [-0.2, -0.15) is 0 Å². The molecule has 0 radical (unpaired) electrons. The summed E-state index contributed by atoms with van der Waals surface area (Å²) in [5, 5.41) is 5.01. The number of nitrogens with one attached hydrogen (secondary N) is 1. The molecule has 2 aromatic rings. The number of hydrogen-bond acceptors (Lipinski definition) is 4. The lowest BCUT2D eigenvalue weighted by molar-refractivity contribution is -0.117. The molecular weight excluding hydrogens is 353 g/mol. The molecule has 26 heavy (non-hydrogen) atoms. The highest BCUT2D eigenvalue weighted by atomic mass is 32.1. The van der Waals surface area contributed by atoms with Crippen molar-refractivity contribution in [1.29, 1.82) is 0 Å². The summed E-state index contributed by atoms with van der Waals surface area (Å²) in [6.07, 6.45) is 5.35. The van der Waals surface area contributed by atoms with Crippen LogP contribution in [0, 0.1) is 11.7 Å². The maximum Gasteiger partial charge on any atom is 0.244 e. The van der Waals surface area contributed by atoms with Crippen LogP contribution in [0.4, 0.5) is 15.2 Å². The quantitative estimate of drug-likeness (QED) is 0.782. The van der Waals surface area contributed by atoms with Gasteiger partial charge in [-0.15, -0.1) is 11.3 Å². The van der Waals surface area contributed by atoms with E-state index in [4.69, 9.17) is 0 Å². The standard InChI is InChI=1S/C19H20FN3O2S/c1-12(14-7-8-14)21-18(25)10-9-15-11-26-19(22-15)23(13(2)24)17-6-4-3-5-16(17)20/h3-6,9-12,14H,7-8H2,1-2H3,(H,21,25).